The van der Waals surface area contributed by atoms with Crippen molar-refractivity contribution in [3.63, 3.8) is 0 Å². The molecule has 0 aliphatic heterocycles. The molecule has 5 aromatic rings. The smallest absolute Gasteiger partial charge is 0.258 e. The highest BCUT2D eigenvalue weighted by molar-refractivity contribution is 7.99. The minimum atomic E-state index is -0.184. The summed E-state index contributed by atoms with van der Waals surface area (Å²) in [5, 5.41) is 10.6. The van der Waals surface area contributed by atoms with Gasteiger partial charge in [0.2, 0.25) is 0 Å². The third kappa shape index (κ3) is 4.30. The summed E-state index contributed by atoms with van der Waals surface area (Å²) in [6.07, 6.45) is 0. The van der Waals surface area contributed by atoms with Crippen LogP contribution >= 0.6 is 23.4 Å². The molecule has 3 aromatic carbocycles. The van der Waals surface area contributed by atoms with Gasteiger partial charge in [-0.2, -0.15) is 0 Å². The van der Waals surface area contributed by atoms with Crippen molar-refractivity contribution in [2.24, 2.45) is 0 Å². The van der Waals surface area contributed by atoms with Crippen LogP contribution in [0.15, 0.2) is 82.7 Å². The average molecular weight is 490 g/mol. The predicted octanol–water partition coefficient (Wildman–Crippen LogP) is 5.69. The number of hydrogen-bond donors (Lipinski definition) is 1. The predicted molar refractivity (Wildman–Crippen MR) is 135 cm³/mol. The van der Waals surface area contributed by atoms with E-state index in [4.69, 9.17) is 16.3 Å². The van der Waals surface area contributed by atoms with E-state index in [0.29, 0.717) is 32.7 Å². The quantitative estimate of drug-likeness (QED) is 0.308. The SMILES string of the molecule is COc1ccc(-c2nnc(SC(C)c3nc4ccccc4c(=O)[nH]3)n2-c2ccc(Cl)cc2)cc1. The molecule has 170 valence electrons. The molecule has 0 fully saturated rings. The lowest BCUT2D eigenvalue weighted by Gasteiger charge is -2.14. The van der Waals surface area contributed by atoms with Crippen LogP contribution in [0.25, 0.3) is 28.0 Å². The van der Waals surface area contributed by atoms with Crippen LogP contribution in [0.5, 0.6) is 5.75 Å². The highest BCUT2D eigenvalue weighted by Crippen LogP contribution is 2.36. The van der Waals surface area contributed by atoms with Crippen LogP contribution in [0.4, 0.5) is 0 Å². The van der Waals surface area contributed by atoms with E-state index in [9.17, 15) is 4.79 Å². The molecule has 34 heavy (non-hydrogen) atoms. The van der Waals surface area contributed by atoms with Crippen molar-refractivity contribution >= 4 is 34.3 Å². The molecule has 1 atom stereocenters. The van der Waals surface area contributed by atoms with E-state index in [-0.39, 0.29) is 10.8 Å². The number of H-pyrrole nitrogens is 1. The third-order valence-electron chi connectivity index (χ3n) is 5.36. The van der Waals surface area contributed by atoms with Crippen LogP contribution in [0.2, 0.25) is 5.02 Å². The first-order valence-electron chi connectivity index (χ1n) is 10.5. The van der Waals surface area contributed by atoms with Crippen LogP contribution in [0.1, 0.15) is 18.0 Å². The highest BCUT2D eigenvalue weighted by Gasteiger charge is 2.21. The molecule has 2 heterocycles. The third-order valence-corrected chi connectivity index (χ3v) is 6.67. The van der Waals surface area contributed by atoms with Crippen molar-refractivity contribution in [1.82, 2.24) is 24.7 Å². The Hall–Kier alpha value is -3.62. The Balaban J connectivity index is 1.56. The maximum atomic E-state index is 12.6. The van der Waals surface area contributed by atoms with E-state index in [0.717, 1.165) is 17.0 Å². The minimum Gasteiger partial charge on any atom is -0.497 e. The molecular formula is C25H20ClN5O2S. The standard InChI is InChI=1S/C25H20ClN5O2S/c1-15(22-27-21-6-4-3-5-20(21)24(32)28-22)34-25-30-29-23(16-7-13-19(33-2)14-8-16)31(25)18-11-9-17(26)10-12-18/h3-15H,1-2H3,(H,27,28,32). The van der Waals surface area contributed by atoms with Gasteiger partial charge >= 0.3 is 0 Å². The zero-order valence-corrected chi connectivity index (χ0v) is 20.0. The van der Waals surface area contributed by atoms with Crippen molar-refractivity contribution in [2.45, 2.75) is 17.3 Å². The maximum Gasteiger partial charge on any atom is 0.258 e. The first-order chi connectivity index (χ1) is 16.5. The molecule has 0 spiro atoms. The fourth-order valence-corrected chi connectivity index (χ4v) is 4.66. The zero-order chi connectivity index (χ0) is 23.7. The van der Waals surface area contributed by atoms with E-state index < -0.39 is 0 Å². The number of halogens is 1. The van der Waals surface area contributed by atoms with E-state index in [1.165, 1.54) is 11.8 Å². The van der Waals surface area contributed by atoms with E-state index in [1.54, 1.807) is 13.2 Å². The fraction of sp³-hybridized carbons (Fsp3) is 0.120. The summed E-state index contributed by atoms with van der Waals surface area (Å²) in [6, 6.07) is 22.4. The fourth-order valence-electron chi connectivity index (χ4n) is 3.61. The van der Waals surface area contributed by atoms with Crippen molar-refractivity contribution in [1.29, 1.82) is 0 Å². The summed E-state index contributed by atoms with van der Waals surface area (Å²) in [7, 11) is 1.63. The Morgan fingerprint density at radius 2 is 1.74 bits per heavy atom. The number of methoxy groups -OCH3 is 1. The van der Waals surface area contributed by atoms with Gasteiger partial charge in [0.05, 0.1) is 23.3 Å². The van der Waals surface area contributed by atoms with Crippen LogP contribution in [0, 0.1) is 0 Å². The minimum absolute atomic E-state index is 0.161. The Bertz CT molecular complexity index is 1510. The molecule has 9 heteroatoms. The molecule has 2 aromatic heterocycles. The molecular weight excluding hydrogens is 470 g/mol. The van der Waals surface area contributed by atoms with Gasteiger partial charge in [0.25, 0.3) is 5.56 Å². The molecule has 0 aliphatic carbocycles. The van der Waals surface area contributed by atoms with Crippen molar-refractivity contribution < 1.29 is 4.74 Å². The molecule has 0 bridgehead atoms. The number of ether oxygens (including phenoxy) is 1. The number of nitrogens with zero attached hydrogens (tertiary/aromatic N) is 4. The summed E-state index contributed by atoms with van der Waals surface area (Å²) in [4.78, 5) is 20.1. The zero-order valence-electron chi connectivity index (χ0n) is 18.4. The molecule has 0 saturated heterocycles. The highest BCUT2D eigenvalue weighted by atomic mass is 35.5. The first-order valence-corrected chi connectivity index (χ1v) is 11.8. The average Bonchev–Trinajstić information content (AvgIpc) is 3.28. The Labute approximate surface area is 204 Å². The number of fused-ring (bicyclic) bond motifs is 1. The van der Waals surface area contributed by atoms with Gasteiger partial charge in [-0.1, -0.05) is 35.5 Å². The number of para-hydroxylation sites is 1. The molecule has 0 saturated carbocycles. The topological polar surface area (TPSA) is 85.7 Å². The number of hydrogen-bond acceptors (Lipinski definition) is 6. The summed E-state index contributed by atoms with van der Waals surface area (Å²) in [5.41, 5.74) is 2.26. The lowest BCUT2D eigenvalue weighted by molar-refractivity contribution is 0.415. The lowest BCUT2D eigenvalue weighted by Crippen LogP contribution is -2.13. The van der Waals surface area contributed by atoms with E-state index >= 15 is 0 Å². The van der Waals surface area contributed by atoms with Gasteiger partial charge in [0.1, 0.15) is 11.6 Å². The Morgan fingerprint density at radius 3 is 2.47 bits per heavy atom. The summed E-state index contributed by atoms with van der Waals surface area (Å²) in [5.74, 6) is 2.01. The molecule has 0 radical (unpaired) electrons. The number of rotatable bonds is 6. The maximum absolute atomic E-state index is 12.6. The van der Waals surface area contributed by atoms with Crippen molar-refractivity contribution in [3.05, 3.63) is 94.0 Å². The second kappa shape index (κ2) is 9.32. The number of aromatic nitrogens is 5. The number of nitrogens with one attached hydrogen (secondary N) is 1. The van der Waals surface area contributed by atoms with Gasteiger partial charge < -0.3 is 9.72 Å². The van der Waals surface area contributed by atoms with Crippen LogP contribution in [-0.4, -0.2) is 31.8 Å². The summed E-state index contributed by atoms with van der Waals surface area (Å²) < 4.78 is 7.25. The molecule has 7 nitrogen and oxygen atoms in total. The lowest BCUT2D eigenvalue weighted by atomic mass is 10.2. The second-order valence-electron chi connectivity index (χ2n) is 7.57. The molecule has 5 rings (SSSR count). The van der Waals surface area contributed by atoms with Crippen LogP contribution < -0.4 is 10.3 Å². The van der Waals surface area contributed by atoms with Gasteiger partial charge in [-0.05, 0) is 67.6 Å². The van der Waals surface area contributed by atoms with Crippen molar-refractivity contribution in [2.75, 3.05) is 7.11 Å². The van der Waals surface area contributed by atoms with Gasteiger partial charge in [-0.3, -0.25) is 9.36 Å². The number of aromatic amines is 1. The molecule has 1 N–H and O–H groups in total. The van der Waals surface area contributed by atoms with Gasteiger partial charge in [-0.25, -0.2) is 4.98 Å². The molecule has 1 unspecified atom stereocenters. The summed E-state index contributed by atoms with van der Waals surface area (Å²) in [6.45, 7) is 1.98. The van der Waals surface area contributed by atoms with Crippen molar-refractivity contribution in [3.8, 4) is 22.8 Å². The van der Waals surface area contributed by atoms with E-state index in [2.05, 4.69) is 20.2 Å². The largest absolute Gasteiger partial charge is 0.497 e. The van der Waals surface area contributed by atoms with Gasteiger partial charge in [0.15, 0.2) is 11.0 Å². The number of benzene rings is 3. The second-order valence-corrected chi connectivity index (χ2v) is 9.32. The first kappa shape index (κ1) is 22.2. The van der Waals surface area contributed by atoms with Gasteiger partial charge in [0, 0.05) is 16.3 Å². The molecule has 0 amide bonds. The Morgan fingerprint density at radius 1 is 1.00 bits per heavy atom. The van der Waals surface area contributed by atoms with Crippen LogP contribution in [-0.2, 0) is 0 Å². The Kier molecular flexibility index (Phi) is 6.08. The van der Waals surface area contributed by atoms with Gasteiger partial charge in [-0.15, -0.1) is 10.2 Å². The normalized spacial score (nSPS) is 12.1. The number of thioether (sulfide) groups is 1. The summed E-state index contributed by atoms with van der Waals surface area (Å²) >= 11 is 7.59. The monoisotopic (exact) mass is 489 g/mol. The van der Waals surface area contributed by atoms with E-state index in [1.807, 2.05) is 78.2 Å². The van der Waals surface area contributed by atoms with Crippen LogP contribution in [0.3, 0.4) is 0 Å². The molecule has 0 aliphatic rings.